The normalized spacial score (nSPS) is 19.9. The summed E-state index contributed by atoms with van der Waals surface area (Å²) in [6.45, 7) is 3.97. The molecule has 1 atom stereocenters. The van der Waals surface area contributed by atoms with Crippen LogP contribution >= 0.6 is 0 Å². The number of ether oxygens (including phenoxy) is 1. The van der Waals surface area contributed by atoms with Gasteiger partial charge in [0, 0.05) is 0 Å². The van der Waals surface area contributed by atoms with Crippen LogP contribution in [0.2, 0.25) is 0 Å². The molecular weight excluding hydrogens is 190 g/mol. The summed E-state index contributed by atoms with van der Waals surface area (Å²) in [7, 11) is 1.67. The SMILES string of the molecule is COc1c(C)nc2c(c1C)CCCC2O. The average Bonchev–Trinajstić information content (AvgIpc) is 2.20. The van der Waals surface area contributed by atoms with Crippen LogP contribution in [0.15, 0.2) is 0 Å². The zero-order valence-corrected chi connectivity index (χ0v) is 9.50. The monoisotopic (exact) mass is 207 g/mol. The molecule has 3 heteroatoms. The van der Waals surface area contributed by atoms with Crippen molar-refractivity contribution in [1.82, 2.24) is 4.98 Å². The largest absolute Gasteiger partial charge is 0.495 e. The molecule has 15 heavy (non-hydrogen) atoms. The van der Waals surface area contributed by atoms with Crippen LogP contribution in [0.25, 0.3) is 0 Å². The van der Waals surface area contributed by atoms with Crippen LogP contribution in [0.4, 0.5) is 0 Å². The number of fused-ring (bicyclic) bond motifs is 1. The fourth-order valence-corrected chi connectivity index (χ4v) is 2.40. The third-order valence-corrected chi connectivity index (χ3v) is 3.14. The Kier molecular flexibility index (Phi) is 2.65. The Labute approximate surface area is 90.1 Å². The van der Waals surface area contributed by atoms with Gasteiger partial charge in [0.15, 0.2) is 0 Å². The van der Waals surface area contributed by atoms with Crippen LogP contribution in [0.1, 0.15) is 41.5 Å². The molecule has 0 saturated carbocycles. The van der Waals surface area contributed by atoms with Gasteiger partial charge in [-0.05, 0) is 44.2 Å². The second-order valence-electron chi connectivity index (χ2n) is 4.13. The van der Waals surface area contributed by atoms with E-state index in [1.165, 1.54) is 5.56 Å². The third-order valence-electron chi connectivity index (χ3n) is 3.14. The molecule has 1 N–H and O–H groups in total. The number of aliphatic hydroxyl groups excluding tert-OH is 1. The summed E-state index contributed by atoms with van der Waals surface area (Å²) >= 11 is 0. The van der Waals surface area contributed by atoms with Gasteiger partial charge in [-0.3, -0.25) is 4.98 Å². The topological polar surface area (TPSA) is 42.4 Å². The van der Waals surface area contributed by atoms with Crippen molar-refractivity contribution in [3.8, 4) is 5.75 Å². The van der Waals surface area contributed by atoms with Crippen LogP contribution in [0.5, 0.6) is 5.75 Å². The van der Waals surface area contributed by atoms with E-state index in [1.807, 2.05) is 13.8 Å². The van der Waals surface area contributed by atoms with Crippen molar-refractivity contribution in [1.29, 1.82) is 0 Å². The first-order valence-corrected chi connectivity index (χ1v) is 5.37. The fourth-order valence-electron chi connectivity index (χ4n) is 2.40. The average molecular weight is 207 g/mol. The standard InChI is InChI=1S/C12H17NO2/c1-7-9-5-4-6-10(14)11(9)13-8(2)12(7)15-3/h10,14H,4-6H2,1-3H3. The van der Waals surface area contributed by atoms with Crippen molar-refractivity contribution >= 4 is 0 Å². The first kappa shape index (κ1) is 10.4. The maximum Gasteiger partial charge on any atom is 0.143 e. The summed E-state index contributed by atoms with van der Waals surface area (Å²) < 4.78 is 5.33. The second kappa shape index (κ2) is 3.81. The number of rotatable bonds is 1. The third kappa shape index (κ3) is 1.61. The van der Waals surface area contributed by atoms with E-state index in [4.69, 9.17) is 4.74 Å². The van der Waals surface area contributed by atoms with E-state index in [1.54, 1.807) is 7.11 Å². The first-order chi connectivity index (χ1) is 7.15. The van der Waals surface area contributed by atoms with Gasteiger partial charge >= 0.3 is 0 Å². The molecular formula is C12H17NO2. The molecule has 1 heterocycles. The molecule has 1 aromatic rings. The number of aryl methyl sites for hydroxylation is 1. The smallest absolute Gasteiger partial charge is 0.143 e. The predicted molar refractivity (Wildman–Crippen MR) is 58.2 cm³/mol. The van der Waals surface area contributed by atoms with E-state index in [0.717, 1.165) is 42.0 Å². The van der Waals surface area contributed by atoms with Crippen molar-refractivity contribution in [3.05, 3.63) is 22.5 Å². The molecule has 1 aliphatic carbocycles. The summed E-state index contributed by atoms with van der Waals surface area (Å²) in [5.41, 5.74) is 4.04. The van der Waals surface area contributed by atoms with Crippen LogP contribution in [-0.4, -0.2) is 17.2 Å². The predicted octanol–water partition coefficient (Wildman–Crippen LogP) is 2.08. The molecule has 0 saturated heterocycles. The Balaban J connectivity index is 2.61. The lowest BCUT2D eigenvalue weighted by Gasteiger charge is -2.24. The number of aromatic nitrogens is 1. The highest BCUT2D eigenvalue weighted by Gasteiger charge is 2.23. The Morgan fingerprint density at radius 3 is 2.80 bits per heavy atom. The van der Waals surface area contributed by atoms with Gasteiger partial charge in [0.05, 0.1) is 24.6 Å². The van der Waals surface area contributed by atoms with Gasteiger partial charge in [-0.25, -0.2) is 0 Å². The molecule has 1 aliphatic rings. The summed E-state index contributed by atoms with van der Waals surface area (Å²) in [6.07, 6.45) is 2.47. The van der Waals surface area contributed by atoms with Crippen molar-refractivity contribution < 1.29 is 9.84 Å². The minimum absolute atomic E-state index is 0.392. The van der Waals surface area contributed by atoms with E-state index in [-0.39, 0.29) is 0 Å². The molecule has 3 nitrogen and oxygen atoms in total. The number of hydrogen-bond donors (Lipinski definition) is 1. The zero-order valence-electron chi connectivity index (χ0n) is 9.50. The summed E-state index contributed by atoms with van der Waals surface area (Å²) in [6, 6.07) is 0. The molecule has 0 spiro atoms. The lowest BCUT2D eigenvalue weighted by atomic mass is 9.90. The molecule has 0 amide bonds. The van der Waals surface area contributed by atoms with Crippen molar-refractivity contribution in [2.45, 2.75) is 39.2 Å². The molecule has 1 unspecified atom stereocenters. The summed E-state index contributed by atoms with van der Waals surface area (Å²) in [5, 5.41) is 9.87. The van der Waals surface area contributed by atoms with Gasteiger partial charge in [0.1, 0.15) is 5.75 Å². The van der Waals surface area contributed by atoms with Crippen molar-refractivity contribution in [2.75, 3.05) is 7.11 Å². The Bertz CT molecular complexity index is 388. The maximum atomic E-state index is 9.87. The number of pyridine rings is 1. The molecule has 82 valence electrons. The molecule has 0 aromatic carbocycles. The van der Waals surface area contributed by atoms with Gasteiger partial charge in [0.2, 0.25) is 0 Å². The van der Waals surface area contributed by atoms with Crippen LogP contribution in [0.3, 0.4) is 0 Å². The summed E-state index contributed by atoms with van der Waals surface area (Å²) in [5.74, 6) is 0.864. The number of nitrogens with zero attached hydrogens (tertiary/aromatic N) is 1. The molecule has 0 bridgehead atoms. The lowest BCUT2D eigenvalue weighted by Crippen LogP contribution is -2.14. The van der Waals surface area contributed by atoms with E-state index in [0.29, 0.717) is 0 Å². The molecule has 0 radical (unpaired) electrons. The van der Waals surface area contributed by atoms with Gasteiger partial charge in [-0.2, -0.15) is 0 Å². The van der Waals surface area contributed by atoms with E-state index in [9.17, 15) is 5.11 Å². The van der Waals surface area contributed by atoms with Gasteiger partial charge in [-0.15, -0.1) is 0 Å². The summed E-state index contributed by atoms with van der Waals surface area (Å²) in [4.78, 5) is 4.45. The number of methoxy groups -OCH3 is 1. The van der Waals surface area contributed by atoms with Crippen LogP contribution in [-0.2, 0) is 6.42 Å². The van der Waals surface area contributed by atoms with E-state index in [2.05, 4.69) is 4.98 Å². The van der Waals surface area contributed by atoms with Crippen LogP contribution in [0, 0.1) is 13.8 Å². The van der Waals surface area contributed by atoms with Crippen LogP contribution < -0.4 is 4.74 Å². The first-order valence-electron chi connectivity index (χ1n) is 5.37. The lowest BCUT2D eigenvalue weighted by molar-refractivity contribution is 0.151. The molecule has 2 rings (SSSR count). The fraction of sp³-hybridized carbons (Fsp3) is 0.583. The maximum absolute atomic E-state index is 9.87. The van der Waals surface area contributed by atoms with Crippen molar-refractivity contribution in [2.24, 2.45) is 0 Å². The van der Waals surface area contributed by atoms with Gasteiger partial charge < -0.3 is 9.84 Å². The molecule has 0 fully saturated rings. The van der Waals surface area contributed by atoms with Gasteiger partial charge in [-0.1, -0.05) is 0 Å². The zero-order chi connectivity index (χ0) is 11.0. The Hall–Kier alpha value is -1.09. The quantitative estimate of drug-likeness (QED) is 0.766. The molecule has 0 aliphatic heterocycles. The Morgan fingerprint density at radius 1 is 1.40 bits per heavy atom. The minimum Gasteiger partial charge on any atom is -0.495 e. The highest BCUT2D eigenvalue weighted by Crippen LogP contribution is 2.35. The van der Waals surface area contributed by atoms with Gasteiger partial charge in [0.25, 0.3) is 0 Å². The Morgan fingerprint density at radius 2 is 2.13 bits per heavy atom. The van der Waals surface area contributed by atoms with Crippen molar-refractivity contribution in [3.63, 3.8) is 0 Å². The highest BCUT2D eigenvalue weighted by molar-refractivity contribution is 5.45. The number of hydrogen-bond acceptors (Lipinski definition) is 3. The highest BCUT2D eigenvalue weighted by atomic mass is 16.5. The van der Waals surface area contributed by atoms with E-state index < -0.39 is 6.10 Å². The minimum atomic E-state index is -0.392. The number of aliphatic hydroxyl groups is 1. The second-order valence-corrected chi connectivity index (χ2v) is 4.13. The molecule has 1 aromatic heterocycles. The van der Waals surface area contributed by atoms with E-state index >= 15 is 0 Å².